The van der Waals surface area contributed by atoms with Crippen molar-refractivity contribution in [1.29, 1.82) is 0 Å². The maximum absolute atomic E-state index is 11.6. The molecule has 2 rings (SSSR count). The van der Waals surface area contributed by atoms with Gasteiger partial charge in [-0.15, -0.1) is 0 Å². The largest absolute Gasteiger partial charge is 0.465 e. The Morgan fingerprint density at radius 1 is 1.15 bits per heavy atom. The first-order chi connectivity index (χ1) is 9.43. The number of aromatic nitrogens is 1. The van der Waals surface area contributed by atoms with Gasteiger partial charge in [0.1, 0.15) is 11.4 Å². The lowest BCUT2D eigenvalue weighted by Crippen LogP contribution is -2.07. The molecule has 0 aliphatic carbocycles. The normalized spacial score (nSPS) is 10.4. The van der Waals surface area contributed by atoms with Gasteiger partial charge in [-0.2, -0.15) is 0 Å². The van der Waals surface area contributed by atoms with Crippen molar-refractivity contribution in [3.63, 3.8) is 0 Å². The van der Waals surface area contributed by atoms with Crippen LogP contribution in [0, 0.1) is 0 Å². The molecule has 0 fully saturated rings. The van der Waals surface area contributed by atoms with Gasteiger partial charge in [0.05, 0.1) is 22.2 Å². The fraction of sp³-hybridized carbons (Fsp3) is 0.0769. The zero-order chi connectivity index (χ0) is 14.9. The molecule has 1 aromatic carbocycles. The Balaban J connectivity index is 2.59. The van der Waals surface area contributed by atoms with E-state index in [1.807, 2.05) is 0 Å². The van der Waals surface area contributed by atoms with Crippen LogP contribution in [0.4, 0.5) is 5.82 Å². The van der Waals surface area contributed by atoms with Gasteiger partial charge in [0.2, 0.25) is 0 Å². The number of hydrogen-bond acceptors (Lipinski definition) is 4. The minimum absolute atomic E-state index is 0.0804. The molecule has 1 aromatic heterocycles. The van der Waals surface area contributed by atoms with Gasteiger partial charge in [0.15, 0.2) is 0 Å². The summed E-state index contributed by atoms with van der Waals surface area (Å²) in [6.07, 6.45) is 1.49. The molecule has 104 valence electrons. The quantitative estimate of drug-likeness (QED) is 0.665. The average Bonchev–Trinajstić information content (AvgIpc) is 2.43. The van der Waals surface area contributed by atoms with Crippen LogP contribution in [0.3, 0.4) is 0 Å². The van der Waals surface area contributed by atoms with Gasteiger partial charge in [-0.25, -0.2) is 9.78 Å². The highest BCUT2D eigenvalue weighted by atomic mass is 35.5. The Morgan fingerprint density at radius 2 is 1.80 bits per heavy atom. The summed E-state index contributed by atoms with van der Waals surface area (Å²) in [7, 11) is 1.26. The van der Waals surface area contributed by atoms with E-state index in [2.05, 4.69) is 9.72 Å². The number of methoxy groups -OCH3 is 1. The first-order valence-corrected chi connectivity index (χ1v) is 6.56. The predicted octanol–water partition coefficient (Wildman–Crippen LogP) is 4.08. The molecule has 0 atom stereocenters. The molecule has 20 heavy (non-hydrogen) atoms. The van der Waals surface area contributed by atoms with Crippen LogP contribution in [0.15, 0.2) is 24.4 Å². The highest BCUT2D eigenvalue weighted by Gasteiger charge is 2.15. The lowest BCUT2D eigenvalue weighted by molar-refractivity contribution is 0.0601. The van der Waals surface area contributed by atoms with Crippen molar-refractivity contribution in [3.05, 3.63) is 45.0 Å². The van der Waals surface area contributed by atoms with Gasteiger partial charge in [-0.3, -0.25) is 0 Å². The number of nitrogens with zero attached hydrogens (tertiary/aromatic N) is 1. The predicted molar refractivity (Wildman–Crippen MR) is 80.5 cm³/mol. The second kappa shape index (κ2) is 5.87. The lowest BCUT2D eigenvalue weighted by atomic mass is 10.1. The molecule has 0 aliphatic rings. The van der Waals surface area contributed by atoms with Crippen LogP contribution in [-0.4, -0.2) is 18.1 Å². The summed E-state index contributed by atoms with van der Waals surface area (Å²) >= 11 is 18.0. The number of esters is 1. The summed E-state index contributed by atoms with van der Waals surface area (Å²) in [5, 5.41) is 1.08. The van der Waals surface area contributed by atoms with Gasteiger partial charge in [0, 0.05) is 17.3 Å². The second-order valence-electron chi connectivity index (χ2n) is 3.89. The third-order valence-electron chi connectivity index (χ3n) is 2.64. The summed E-state index contributed by atoms with van der Waals surface area (Å²) in [5.41, 5.74) is 6.99. The highest BCUT2D eigenvalue weighted by Crippen LogP contribution is 2.35. The molecule has 1 heterocycles. The van der Waals surface area contributed by atoms with Gasteiger partial charge in [-0.05, 0) is 18.2 Å². The molecule has 0 radical (unpaired) electrons. The summed E-state index contributed by atoms with van der Waals surface area (Å²) < 4.78 is 4.64. The van der Waals surface area contributed by atoms with Crippen LogP contribution in [0.25, 0.3) is 11.1 Å². The van der Waals surface area contributed by atoms with E-state index in [9.17, 15) is 4.79 Å². The number of ether oxygens (including phenoxy) is 1. The number of carbonyl (C=O) groups is 1. The maximum atomic E-state index is 11.6. The number of nitrogen functional groups attached to an aromatic ring is 1. The minimum atomic E-state index is -0.576. The number of hydrogen-bond donors (Lipinski definition) is 1. The fourth-order valence-corrected chi connectivity index (χ4v) is 2.30. The molecular weight excluding hydrogens is 323 g/mol. The molecule has 0 unspecified atom stereocenters. The number of benzene rings is 1. The van der Waals surface area contributed by atoms with Crippen molar-refractivity contribution in [2.24, 2.45) is 0 Å². The van der Waals surface area contributed by atoms with Gasteiger partial charge < -0.3 is 10.5 Å². The van der Waals surface area contributed by atoms with E-state index in [1.54, 1.807) is 12.1 Å². The summed E-state index contributed by atoms with van der Waals surface area (Å²) in [6, 6.07) is 4.66. The van der Waals surface area contributed by atoms with Crippen LogP contribution in [-0.2, 0) is 4.74 Å². The fourth-order valence-electron chi connectivity index (χ4n) is 1.64. The van der Waals surface area contributed by atoms with Crippen molar-refractivity contribution >= 4 is 46.6 Å². The van der Waals surface area contributed by atoms with Gasteiger partial charge in [-0.1, -0.05) is 34.8 Å². The van der Waals surface area contributed by atoms with Crippen LogP contribution in [0.2, 0.25) is 15.1 Å². The summed E-state index contributed by atoms with van der Waals surface area (Å²) in [4.78, 5) is 15.6. The zero-order valence-electron chi connectivity index (χ0n) is 10.3. The molecule has 2 aromatic rings. The molecule has 0 aliphatic heterocycles. The number of carbonyl (C=O) groups excluding carboxylic acids is 1. The van der Waals surface area contributed by atoms with Crippen molar-refractivity contribution in [3.8, 4) is 11.1 Å². The van der Waals surface area contributed by atoms with Crippen LogP contribution in [0.1, 0.15) is 10.4 Å². The topological polar surface area (TPSA) is 65.2 Å². The Hall–Kier alpha value is -1.49. The van der Waals surface area contributed by atoms with E-state index in [1.165, 1.54) is 19.4 Å². The Bertz CT molecular complexity index is 690. The van der Waals surface area contributed by atoms with Gasteiger partial charge >= 0.3 is 5.97 Å². The van der Waals surface area contributed by atoms with E-state index < -0.39 is 5.97 Å². The van der Waals surface area contributed by atoms with E-state index >= 15 is 0 Å². The Morgan fingerprint density at radius 3 is 2.45 bits per heavy atom. The van der Waals surface area contributed by atoms with Gasteiger partial charge in [0.25, 0.3) is 0 Å². The van der Waals surface area contributed by atoms with Crippen molar-refractivity contribution < 1.29 is 9.53 Å². The maximum Gasteiger partial charge on any atom is 0.341 e. The molecule has 0 saturated heterocycles. The minimum Gasteiger partial charge on any atom is -0.465 e. The second-order valence-corrected chi connectivity index (χ2v) is 5.12. The third-order valence-corrected chi connectivity index (χ3v) is 3.68. The SMILES string of the molecule is COC(=O)c1cc(-c2cc(Cl)c(Cl)cc2Cl)cnc1N. The third kappa shape index (κ3) is 2.82. The molecule has 0 bridgehead atoms. The number of pyridine rings is 1. The van der Waals surface area contributed by atoms with Crippen LogP contribution < -0.4 is 5.73 Å². The molecule has 4 nitrogen and oxygen atoms in total. The Kier molecular flexibility index (Phi) is 4.38. The summed E-state index contributed by atoms with van der Waals surface area (Å²) in [6.45, 7) is 0. The van der Waals surface area contributed by atoms with E-state index in [0.29, 0.717) is 26.2 Å². The van der Waals surface area contributed by atoms with Crippen LogP contribution in [0.5, 0.6) is 0 Å². The monoisotopic (exact) mass is 330 g/mol. The average molecular weight is 332 g/mol. The summed E-state index contributed by atoms with van der Waals surface area (Å²) in [5.74, 6) is -0.496. The lowest BCUT2D eigenvalue weighted by Gasteiger charge is -2.09. The van der Waals surface area contributed by atoms with E-state index in [0.717, 1.165) is 0 Å². The number of halogens is 3. The molecule has 7 heteroatoms. The smallest absolute Gasteiger partial charge is 0.341 e. The molecule has 0 amide bonds. The Labute approximate surface area is 130 Å². The van der Waals surface area contributed by atoms with Crippen molar-refractivity contribution in [2.45, 2.75) is 0 Å². The van der Waals surface area contributed by atoms with E-state index in [4.69, 9.17) is 40.5 Å². The first-order valence-electron chi connectivity index (χ1n) is 5.42. The number of nitrogens with two attached hydrogens (primary N) is 1. The number of anilines is 1. The van der Waals surface area contributed by atoms with E-state index in [-0.39, 0.29) is 11.4 Å². The van der Waals surface area contributed by atoms with Crippen molar-refractivity contribution in [2.75, 3.05) is 12.8 Å². The number of rotatable bonds is 2. The standard InChI is InChI=1S/C13H9Cl3N2O2/c1-20-13(19)8-2-6(5-18-12(8)17)7-3-10(15)11(16)4-9(7)14/h2-5H,1H3,(H2,17,18). The molecule has 0 spiro atoms. The molecule has 0 saturated carbocycles. The van der Waals surface area contributed by atoms with Crippen LogP contribution >= 0.6 is 34.8 Å². The first kappa shape index (κ1) is 14.9. The zero-order valence-corrected chi connectivity index (χ0v) is 12.6. The highest BCUT2D eigenvalue weighted by molar-refractivity contribution is 6.44. The molecule has 2 N–H and O–H groups in total. The van der Waals surface area contributed by atoms with Crippen molar-refractivity contribution in [1.82, 2.24) is 4.98 Å². The molecular formula is C13H9Cl3N2O2.